The monoisotopic (exact) mass is 310 g/mol. The van der Waals surface area contributed by atoms with E-state index in [4.69, 9.17) is 0 Å². The van der Waals surface area contributed by atoms with Crippen LogP contribution in [0.4, 0.5) is 5.69 Å². The van der Waals surface area contributed by atoms with Crippen LogP contribution >= 0.6 is 0 Å². The van der Waals surface area contributed by atoms with E-state index in [1.54, 1.807) is 12.4 Å². The fourth-order valence-electron chi connectivity index (χ4n) is 2.99. The first kappa shape index (κ1) is 15.5. The normalized spacial score (nSPS) is 17.8. The maximum atomic E-state index is 12.6. The molecule has 1 aliphatic rings. The Bertz CT molecular complexity index is 656. The Balaban J connectivity index is 1.70. The number of para-hydroxylation sites is 1. The molecule has 3 rings (SSSR count). The summed E-state index contributed by atoms with van der Waals surface area (Å²) in [5.41, 5.74) is 2.44. The average molecular weight is 310 g/mol. The van der Waals surface area contributed by atoms with Crippen LogP contribution in [0.2, 0.25) is 0 Å². The topological polar surface area (TPSA) is 49.3 Å². The third-order valence-electron chi connectivity index (χ3n) is 4.39. The second-order valence-electron chi connectivity index (χ2n) is 6.04. The van der Waals surface area contributed by atoms with Gasteiger partial charge in [0.1, 0.15) is 5.69 Å². The number of amides is 1. The van der Waals surface area contributed by atoms with Crippen LogP contribution in [0.3, 0.4) is 0 Å². The Morgan fingerprint density at radius 3 is 2.70 bits per heavy atom. The van der Waals surface area contributed by atoms with E-state index in [0.717, 1.165) is 31.6 Å². The molecular weight excluding hydrogens is 288 g/mol. The predicted octanol–water partition coefficient (Wildman–Crippen LogP) is 2.53. The molecule has 0 N–H and O–H groups in total. The molecule has 2 heterocycles. The Hall–Kier alpha value is -2.43. The van der Waals surface area contributed by atoms with Crippen molar-refractivity contribution in [2.45, 2.75) is 25.8 Å². The summed E-state index contributed by atoms with van der Waals surface area (Å²) in [6.07, 6.45) is 5.30. The molecule has 1 atom stereocenters. The second-order valence-corrected chi connectivity index (χ2v) is 6.04. The summed E-state index contributed by atoms with van der Waals surface area (Å²) >= 11 is 0. The van der Waals surface area contributed by atoms with Gasteiger partial charge >= 0.3 is 0 Å². The number of piperidine rings is 1. The maximum Gasteiger partial charge on any atom is 0.274 e. The van der Waals surface area contributed by atoms with E-state index in [1.165, 1.54) is 5.69 Å². The van der Waals surface area contributed by atoms with Gasteiger partial charge in [-0.1, -0.05) is 18.2 Å². The molecule has 0 spiro atoms. The van der Waals surface area contributed by atoms with E-state index >= 15 is 0 Å². The Morgan fingerprint density at radius 1 is 1.22 bits per heavy atom. The number of nitrogens with zero attached hydrogens (tertiary/aromatic N) is 4. The van der Waals surface area contributed by atoms with Crippen molar-refractivity contribution in [2.24, 2.45) is 0 Å². The van der Waals surface area contributed by atoms with E-state index in [0.29, 0.717) is 5.69 Å². The van der Waals surface area contributed by atoms with Gasteiger partial charge in [-0.15, -0.1) is 0 Å². The van der Waals surface area contributed by atoms with Crippen LogP contribution in [0.1, 0.15) is 29.0 Å². The first-order valence-electron chi connectivity index (χ1n) is 8.01. The number of benzene rings is 1. The molecule has 5 heteroatoms. The van der Waals surface area contributed by atoms with Gasteiger partial charge < -0.3 is 9.80 Å². The summed E-state index contributed by atoms with van der Waals surface area (Å²) in [7, 11) is 1.86. The molecule has 2 aromatic rings. The van der Waals surface area contributed by atoms with Gasteiger partial charge in [0.05, 0.1) is 11.9 Å². The zero-order valence-corrected chi connectivity index (χ0v) is 13.6. The number of aryl methyl sites for hydroxylation is 1. The maximum absolute atomic E-state index is 12.6. The highest BCUT2D eigenvalue weighted by Crippen LogP contribution is 2.22. The molecule has 1 aromatic heterocycles. The van der Waals surface area contributed by atoms with Crippen molar-refractivity contribution < 1.29 is 4.79 Å². The van der Waals surface area contributed by atoms with Crippen LogP contribution in [-0.4, -0.2) is 47.0 Å². The summed E-state index contributed by atoms with van der Waals surface area (Å²) in [6.45, 7) is 3.75. The molecule has 5 nitrogen and oxygen atoms in total. The van der Waals surface area contributed by atoms with Crippen molar-refractivity contribution >= 4 is 11.6 Å². The summed E-state index contributed by atoms with van der Waals surface area (Å²) in [4.78, 5) is 25.1. The number of carbonyl (C=O) groups excluding carboxylic acids is 1. The van der Waals surface area contributed by atoms with Crippen LogP contribution in [0.25, 0.3) is 0 Å². The van der Waals surface area contributed by atoms with Crippen LogP contribution in [0.5, 0.6) is 0 Å². The molecule has 120 valence electrons. The lowest BCUT2D eigenvalue weighted by Crippen LogP contribution is -2.48. The van der Waals surface area contributed by atoms with Gasteiger partial charge in [-0.25, -0.2) is 4.98 Å². The number of likely N-dealkylation sites (N-methyl/N-ethyl adjacent to an activating group) is 1. The molecule has 1 fully saturated rings. The van der Waals surface area contributed by atoms with Gasteiger partial charge in [0.25, 0.3) is 5.91 Å². The van der Waals surface area contributed by atoms with Crippen LogP contribution in [-0.2, 0) is 0 Å². The first-order valence-corrected chi connectivity index (χ1v) is 8.01. The molecule has 0 radical (unpaired) electrons. The van der Waals surface area contributed by atoms with Gasteiger partial charge in [-0.2, -0.15) is 0 Å². The lowest BCUT2D eigenvalue weighted by atomic mass is 10.0. The first-order chi connectivity index (χ1) is 11.1. The Morgan fingerprint density at radius 2 is 2.00 bits per heavy atom. The summed E-state index contributed by atoms with van der Waals surface area (Å²) < 4.78 is 0. The molecule has 0 aliphatic carbocycles. The highest BCUT2D eigenvalue weighted by molar-refractivity contribution is 5.92. The van der Waals surface area contributed by atoms with Crippen molar-refractivity contribution in [3.8, 4) is 0 Å². The Kier molecular flexibility index (Phi) is 4.55. The summed E-state index contributed by atoms with van der Waals surface area (Å²) in [5.74, 6) is -0.0580. The largest absolute Gasteiger partial charge is 0.369 e. The minimum Gasteiger partial charge on any atom is -0.369 e. The van der Waals surface area contributed by atoms with Crippen LogP contribution in [0.15, 0.2) is 42.7 Å². The number of rotatable bonds is 3. The third-order valence-corrected chi connectivity index (χ3v) is 4.39. The van der Waals surface area contributed by atoms with Crippen molar-refractivity contribution in [3.63, 3.8) is 0 Å². The third kappa shape index (κ3) is 3.50. The minimum atomic E-state index is -0.0580. The standard InChI is InChI=1S/C18H22N4O/c1-14-11-20-17(12-19-14)18(23)21(2)16-9-6-10-22(13-16)15-7-4-3-5-8-15/h3-5,7-8,11-12,16H,6,9-10,13H2,1-2H3/t16-/m0/s1. The number of anilines is 1. The number of carbonyl (C=O) groups is 1. The van der Waals surface area contributed by atoms with Gasteiger partial charge in [-0.05, 0) is 31.9 Å². The molecule has 1 saturated heterocycles. The van der Waals surface area contributed by atoms with Gasteiger partial charge in [-0.3, -0.25) is 9.78 Å². The number of hydrogen-bond donors (Lipinski definition) is 0. The molecule has 1 amide bonds. The molecule has 0 unspecified atom stereocenters. The average Bonchev–Trinajstić information content (AvgIpc) is 2.62. The lowest BCUT2D eigenvalue weighted by molar-refractivity contribution is 0.0711. The van der Waals surface area contributed by atoms with Crippen molar-refractivity contribution in [1.82, 2.24) is 14.9 Å². The highest BCUT2D eigenvalue weighted by atomic mass is 16.2. The predicted molar refractivity (Wildman–Crippen MR) is 90.5 cm³/mol. The van der Waals surface area contributed by atoms with Crippen LogP contribution < -0.4 is 4.90 Å². The van der Waals surface area contributed by atoms with Crippen LogP contribution in [0, 0.1) is 6.92 Å². The fourth-order valence-corrected chi connectivity index (χ4v) is 2.99. The van der Waals surface area contributed by atoms with Crippen molar-refractivity contribution in [3.05, 3.63) is 54.1 Å². The van der Waals surface area contributed by atoms with E-state index in [2.05, 4.69) is 39.1 Å². The summed E-state index contributed by atoms with van der Waals surface area (Å²) in [6, 6.07) is 10.6. The molecule has 0 bridgehead atoms. The smallest absolute Gasteiger partial charge is 0.274 e. The van der Waals surface area contributed by atoms with E-state index in [9.17, 15) is 4.79 Å². The fraction of sp³-hybridized carbons (Fsp3) is 0.389. The van der Waals surface area contributed by atoms with Crippen molar-refractivity contribution in [1.29, 1.82) is 0 Å². The van der Waals surface area contributed by atoms with Gasteiger partial charge in [0.2, 0.25) is 0 Å². The zero-order valence-electron chi connectivity index (χ0n) is 13.6. The minimum absolute atomic E-state index is 0.0580. The number of hydrogen-bond acceptors (Lipinski definition) is 4. The Labute approximate surface area is 137 Å². The van der Waals surface area contributed by atoms with Crippen molar-refractivity contribution in [2.75, 3.05) is 25.0 Å². The molecule has 1 aromatic carbocycles. The molecule has 0 saturated carbocycles. The van der Waals surface area contributed by atoms with E-state index in [1.807, 2.05) is 24.9 Å². The second kappa shape index (κ2) is 6.77. The van der Waals surface area contributed by atoms with E-state index in [-0.39, 0.29) is 11.9 Å². The SMILES string of the molecule is Cc1cnc(C(=O)N(C)[C@H]2CCCN(c3ccccc3)C2)cn1. The quantitative estimate of drug-likeness (QED) is 0.874. The lowest BCUT2D eigenvalue weighted by Gasteiger charge is -2.38. The number of aromatic nitrogens is 2. The zero-order chi connectivity index (χ0) is 16.2. The molecule has 23 heavy (non-hydrogen) atoms. The van der Waals surface area contributed by atoms with E-state index < -0.39 is 0 Å². The summed E-state index contributed by atoms with van der Waals surface area (Å²) in [5, 5.41) is 0. The molecular formula is C18H22N4O. The van der Waals surface area contributed by atoms with Gasteiger partial charge in [0, 0.05) is 38.1 Å². The highest BCUT2D eigenvalue weighted by Gasteiger charge is 2.27. The van der Waals surface area contributed by atoms with Gasteiger partial charge in [0.15, 0.2) is 0 Å². The molecule has 1 aliphatic heterocycles.